The van der Waals surface area contributed by atoms with Crippen LogP contribution in [0.5, 0.6) is 0 Å². The maximum absolute atomic E-state index is 12.6. The summed E-state index contributed by atoms with van der Waals surface area (Å²) in [6, 6.07) is 14.7. The van der Waals surface area contributed by atoms with E-state index >= 15 is 0 Å². The number of rotatable bonds is 8. The van der Waals surface area contributed by atoms with Crippen LogP contribution in [0.15, 0.2) is 80.7 Å². The van der Waals surface area contributed by atoms with E-state index < -0.39 is 26.5 Å². The number of nitro groups is 1. The molecular formula is C21H15N3O8S. The van der Waals surface area contributed by atoms with Gasteiger partial charge in [0.05, 0.1) is 21.8 Å². The van der Waals surface area contributed by atoms with Gasteiger partial charge in [-0.1, -0.05) is 18.2 Å². The Labute approximate surface area is 186 Å². The molecule has 12 heteroatoms. The minimum Gasteiger partial charge on any atom is -0.457 e. The fourth-order valence-electron chi connectivity index (χ4n) is 2.89. The molecule has 0 N–H and O–H groups in total. The summed E-state index contributed by atoms with van der Waals surface area (Å²) in [7, 11) is -3.69. The summed E-state index contributed by atoms with van der Waals surface area (Å²) in [6.07, 6.45) is 1.20. The van der Waals surface area contributed by atoms with Crippen LogP contribution in [0, 0.1) is 10.1 Å². The van der Waals surface area contributed by atoms with E-state index in [1.54, 1.807) is 18.2 Å². The quantitative estimate of drug-likeness (QED) is 0.212. The number of furan rings is 1. The van der Waals surface area contributed by atoms with Crippen LogP contribution in [0.4, 0.5) is 5.69 Å². The van der Waals surface area contributed by atoms with Crippen molar-refractivity contribution in [1.82, 2.24) is 10.2 Å². The maximum Gasteiger partial charge on any atom is 0.375 e. The summed E-state index contributed by atoms with van der Waals surface area (Å²) >= 11 is 0. The Morgan fingerprint density at radius 3 is 2.45 bits per heavy atom. The molecule has 4 aromatic rings. The summed E-state index contributed by atoms with van der Waals surface area (Å²) in [4.78, 5) is 22.8. The summed E-state index contributed by atoms with van der Waals surface area (Å²) in [5, 5.41) is 18.3. The number of aromatic nitrogens is 2. The monoisotopic (exact) mass is 469 g/mol. The molecule has 0 spiro atoms. The standard InChI is InChI=1S/C21H15N3O8S/c25-21(19-15(10-11-30-19)13-33(28,29)17-4-2-1-3-5-17)31-12-18-22-23-20(32-18)14-6-8-16(9-7-14)24(26)27/h1-11H,12-13H2. The zero-order valence-corrected chi connectivity index (χ0v) is 17.6. The Balaban J connectivity index is 1.41. The number of ether oxygens (including phenoxy) is 1. The van der Waals surface area contributed by atoms with E-state index in [0.29, 0.717) is 5.56 Å². The number of hydrogen-bond acceptors (Lipinski definition) is 10. The van der Waals surface area contributed by atoms with Crippen molar-refractivity contribution in [2.75, 3.05) is 0 Å². The fraction of sp³-hybridized carbons (Fsp3) is 0.0952. The van der Waals surface area contributed by atoms with Gasteiger partial charge in [-0.15, -0.1) is 10.2 Å². The molecule has 0 bridgehead atoms. The van der Waals surface area contributed by atoms with Crippen LogP contribution in [-0.2, 0) is 26.9 Å². The van der Waals surface area contributed by atoms with E-state index in [2.05, 4.69) is 10.2 Å². The first-order chi connectivity index (χ1) is 15.8. The lowest BCUT2D eigenvalue weighted by Crippen LogP contribution is -2.10. The van der Waals surface area contributed by atoms with Crippen LogP contribution in [-0.4, -0.2) is 29.5 Å². The molecule has 0 aliphatic rings. The van der Waals surface area contributed by atoms with Crippen molar-refractivity contribution in [3.05, 3.63) is 94.3 Å². The zero-order chi connectivity index (χ0) is 23.4. The lowest BCUT2D eigenvalue weighted by atomic mass is 10.2. The van der Waals surface area contributed by atoms with Crippen molar-refractivity contribution in [3.63, 3.8) is 0 Å². The summed E-state index contributed by atoms with van der Waals surface area (Å²) in [6.45, 7) is -0.385. The first-order valence-electron chi connectivity index (χ1n) is 9.42. The van der Waals surface area contributed by atoms with Gasteiger partial charge < -0.3 is 13.6 Å². The van der Waals surface area contributed by atoms with Gasteiger partial charge in [0.15, 0.2) is 16.4 Å². The lowest BCUT2D eigenvalue weighted by molar-refractivity contribution is -0.384. The van der Waals surface area contributed by atoms with Crippen molar-refractivity contribution >= 4 is 21.5 Å². The van der Waals surface area contributed by atoms with Crippen molar-refractivity contribution in [2.24, 2.45) is 0 Å². The number of sulfone groups is 1. The van der Waals surface area contributed by atoms with E-state index in [0.717, 1.165) is 0 Å². The highest BCUT2D eigenvalue weighted by Crippen LogP contribution is 2.23. The normalized spacial score (nSPS) is 11.3. The van der Waals surface area contributed by atoms with Crippen molar-refractivity contribution in [2.45, 2.75) is 17.3 Å². The molecule has 0 aliphatic carbocycles. The molecule has 33 heavy (non-hydrogen) atoms. The molecule has 0 amide bonds. The largest absolute Gasteiger partial charge is 0.457 e. The number of carbonyl (C=O) groups is 1. The third-order valence-corrected chi connectivity index (χ3v) is 6.18. The highest BCUT2D eigenvalue weighted by Gasteiger charge is 2.24. The summed E-state index contributed by atoms with van der Waals surface area (Å²) in [5.41, 5.74) is 0.516. The van der Waals surface area contributed by atoms with Crippen LogP contribution in [0.2, 0.25) is 0 Å². The van der Waals surface area contributed by atoms with E-state index in [4.69, 9.17) is 13.6 Å². The van der Waals surface area contributed by atoms with Crippen LogP contribution in [0.1, 0.15) is 22.0 Å². The molecule has 4 rings (SSSR count). The smallest absolute Gasteiger partial charge is 0.375 e. The Bertz CT molecular complexity index is 1390. The van der Waals surface area contributed by atoms with Crippen molar-refractivity contribution < 1.29 is 31.7 Å². The van der Waals surface area contributed by atoms with E-state index in [9.17, 15) is 23.3 Å². The number of hydrogen-bond donors (Lipinski definition) is 0. The first-order valence-corrected chi connectivity index (χ1v) is 11.1. The predicted octanol–water partition coefficient (Wildman–Crippen LogP) is 3.57. The van der Waals surface area contributed by atoms with Gasteiger partial charge in [-0.2, -0.15) is 0 Å². The third kappa shape index (κ3) is 4.96. The van der Waals surface area contributed by atoms with Gasteiger partial charge in [-0.3, -0.25) is 10.1 Å². The minimum atomic E-state index is -3.69. The van der Waals surface area contributed by atoms with Crippen molar-refractivity contribution in [1.29, 1.82) is 0 Å². The second-order valence-corrected chi connectivity index (χ2v) is 8.72. The average molecular weight is 469 g/mol. The highest BCUT2D eigenvalue weighted by molar-refractivity contribution is 7.90. The van der Waals surface area contributed by atoms with Gasteiger partial charge in [0.25, 0.3) is 11.6 Å². The molecular weight excluding hydrogens is 454 g/mol. The first kappa shape index (κ1) is 21.9. The molecule has 0 atom stereocenters. The molecule has 2 aromatic carbocycles. The van der Waals surface area contributed by atoms with E-state index in [1.165, 1.54) is 48.7 Å². The second kappa shape index (κ2) is 9.04. The number of benzene rings is 2. The number of non-ortho nitro benzene ring substituents is 1. The molecule has 2 heterocycles. The molecule has 2 aromatic heterocycles. The van der Waals surface area contributed by atoms with Gasteiger partial charge in [0.1, 0.15) is 0 Å². The van der Waals surface area contributed by atoms with Gasteiger partial charge in [0.2, 0.25) is 11.7 Å². The molecule has 11 nitrogen and oxygen atoms in total. The van der Waals surface area contributed by atoms with Crippen molar-refractivity contribution in [3.8, 4) is 11.5 Å². The van der Waals surface area contributed by atoms with Crippen LogP contribution >= 0.6 is 0 Å². The molecule has 0 fully saturated rings. The minimum absolute atomic E-state index is 0.0262. The summed E-state index contributed by atoms with van der Waals surface area (Å²) < 4.78 is 40.8. The Morgan fingerprint density at radius 1 is 1.03 bits per heavy atom. The molecule has 0 unspecified atom stereocenters. The summed E-state index contributed by atoms with van der Waals surface area (Å²) in [5.74, 6) is -1.52. The topological polar surface area (TPSA) is 156 Å². The fourth-order valence-corrected chi connectivity index (χ4v) is 4.27. The van der Waals surface area contributed by atoms with Gasteiger partial charge in [0, 0.05) is 23.3 Å². The number of carbonyl (C=O) groups excluding carboxylic acids is 1. The lowest BCUT2D eigenvalue weighted by Gasteiger charge is -2.05. The van der Waals surface area contributed by atoms with Crippen LogP contribution < -0.4 is 0 Å². The number of nitro benzene ring substituents is 1. The molecule has 0 radical (unpaired) electrons. The molecule has 0 aliphatic heterocycles. The molecule has 0 saturated heterocycles. The van der Waals surface area contributed by atoms with Crippen LogP contribution in [0.25, 0.3) is 11.5 Å². The van der Waals surface area contributed by atoms with Gasteiger partial charge in [-0.05, 0) is 30.3 Å². The molecule has 0 saturated carbocycles. The Morgan fingerprint density at radius 2 is 1.76 bits per heavy atom. The molecule has 168 valence electrons. The van der Waals surface area contributed by atoms with Gasteiger partial charge in [-0.25, -0.2) is 13.2 Å². The maximum atomic E-state index is 12.6. The second-order valence-electron chi connectivity index (χ2n) is 6.73. The van der Waals surface area contributed by atoms with Gasteiger partial charge >= 0.3 is 5.97 Å². The third-order valence-electron chi connectivity index (χ3n) is 4.50. The number of nitrogens with zero attached hydrogens (tertiary/aromatic N) is 3. The van der Waals surface area contributed by atoms with Crippen LogP contribution in [0.3, 0.4) is 0 Å². The van der Waals surface area contributed by atoms with E-state index in [-0.39, 0.29) is 40.3 Å². The predicted molar refractivity (Wildman–Crippen MR) is 112 cm³/mol. The highest BCUT2D eigenvalue weighted by atomic mass is 32.2. The van der Waals surface area contributed by atoms with E-state index in [1.807, 2.05) is 0 Å². The Kier molecular flexibility index (Phi) is 6.00. The SMILES string of the molecule is O=C(OCc1nnc(-c2ccc([N+](=O)[O-])cc2)o1)c1occc1CS(=O)(=O)c1ccccc1. The number of esters is 1. The zero-order valence-electron chi connectivity index (χ0n) is 16.8. The average Bonchev–Trinajstić information content (AvgIpc) is 3.47. The Hall–Kier alpha value is -4.32.